The molecular weight excluding hydrogens is 389 g/mol. The van der Waals surface area contributed by atoms with Gasteiger partial charge in [0.15, 0.2) is 0 Å². The van der Waals surface area contributed by atoms with E-state index in [0.29, 0.717) is 7.05 Å². The molecule has 0 bridgehead atoms. The lowest BCUT2D eigenvalue weighted by Gasteiger charge is -2.34. The van der Waals surface area contributed by atoms with Crippen LogP contribution in [0.2, 0.25) is 0 Å². The molecule has 0 heterocycles. The molecule has 2 N–H and O–H groups in total. The van der Waals surface area contributed by atoms with Gasteiger partial charge in [0.25, 0.3) is 10.0 Å². The van der Waals surface area contributed by atoms with Crippen molar-refractivity contribution in [2.45, 2.75) is 23.5 Å². The summed E-state index contributed by atoms with van der Waals surface area (Å²) in [5, 5.41) is 12.1. The normalized spacial score (nSPS) is 16.4. The fourth-order valence-corrected chi connectivity index (χ4v) is 3.11. The average molecular weight is 409 g/mol. The van der Waals surface area contributed by atoms with Crippen LogP contribution < -0.4 is 0 Å². The molecule has 0 aliphatic rings. The van der Waals surface area contributed by atoms with Crippen LogP contribution in [0.3, 0.4) is 0 Å². The number of nitrogens with zero attached hydrogens (tertiary/aromatic N) is 2. The lowest BCUT2D eigenvalue weighted by atomic mass is 10.3. The molecule has 25 heavy (non-hydrogen) atoms. The van der Waals surface area contributed by atoms with Crippen molar-refractivity contribution >= 4 is 10.0 Å². The third-order valence-corrected chi connectivity index (χ3v) is 5.21. The molecule has 0 radical (unpaired) electrons. The predicted molar refractivity (Wildman–Crippen MR) is 72.4 cm³/mol. The Morgan fingerprint density at radius 2 is 1.52 bits per heavy atom. The molecule has 0 aliphatic carbocycles. The predicted octanol–water partition coefficient (Wildman–Crippen LogP) is 0.468. The van der Waals surface area contributed by atoms with Crippen molar-refractivity contribution in [2.24, 2.45) is 0 Å². The minimum Gasteiger partial charge on any atom is -0.391 e. The van der Waals surface area contributed by atoms with Gasteiger partial charge in [0.2, 0.25) is 0 Å². The van der Waals surface area contributed by atoms with Crippen LogP contribution in [-0.2, 0) is 10.0 Å². The largest absolute Gasteiger partial charge is 0.461 e. The Morgan fingerprint density at radius 3 is 1.88 bits per heavy atom. The molecule has 14 heteroatoms. The van der Waals surface area contributed by atoms with Crippen LogP contribution in [-0.4, -0.2) is 98.3 Å². The van der Waals surface area contributed by atoms with Gasteiger partial charge >= 0.3 is 17.4 Å². The van der Waals surface area contributed by atoms with E-state index in [1.165, 1.54) is 14.1 Å². The monoisotopic (exact) mass is 409 g/mol. The van der Waals surface area contributed by atoms with E-state index in [0.717, 1.165) is 0 Å². The highest BCUT2D eigenvalue weighted by Crippen LogP contribution is 2.49. The summed E-state index contributed by atoms with van der Waals surface area (Å²) in [5.74, 6) is -6.82. The molecule has 6 nitrogen and oxygen atoms in total. The fraction of sp³-hybridized carbons (Fsp3) is 1.00. The van der Waals surface area contributed by atoms with Crippen LogP contribution in [0.4, 0.5) is 30.7 Å². The Bertz CT molecular complexity index is 551. The van der Waals surface area contributed by atoms with Gasteiger partial charge < -0.3 is 14.7 Å². The zero-order valence-electron chi connectivity index (χ0n) is 13.6. The number of alkyl halides is 7. The van der Waals surface area contributed by atoms with Gasteiger partial charge in [-0.3, -0.25) is 0 Å². The van der Waals surface area contributed by atoms with E-state index in [1.54, 1.807) is 0 Å². The molecule has 0 spiro atoms. The first-order valence-corrected chi connectivity index (χ1v) is 8.16. The molecule has 0 aromatic rings. The number of hydrogen-bond donors (Lipinski definition) is 2. The number of halogens is 7. The number of quaternary nitrogens is 1. The van der Waals surface area contributed by atoms with Crippen LogP contribution in [0, 0.1) is 0 Å². The Labute approximate surface area is 140 Å². The third kappa shape index (κ3) is 5.15. The molecule has 152 valence electrons. The maximum absolute atomic E-state index is 13.4. The topological polar surface area (TPSA) is 77.8 Å². The highest BCUT2D eigenvalue weighted by Gasteiger charge is 2.79. The van der Waals surface area contributed by atoms with Gasteiger partial charge in [-0.15, -0.1) is 0 Å². The molecule has 0 fully saturated rings. The first-order valence-electron chi connectivity index (χ1n) is 6.72. The van der Waals surface area contributed by atoms with Gasteiger partial charge in [-0.25, -0.2) is 8.42 Å². The number of hydrogen-bond acceptors (Lipinski definition) is 4. The van der Waals surface area contributed by atoms with Crippen molar-refractivity contribution in [3.8, 4) is 0 Å². The Hall–Kier alpha value is -0.700. The summed E-state index contributed by atoms with van der Waals surface area (Å²) in [7, 11) is -3.10. The van der Waals surface area contributed by atoms with Crippen LogP contribution in [0.25, 0.3) is 0 Å². The molecule has 0 saturated carbocycles. The lowest BCUT2D eigenvalue weighted by Crippen LogP contribution is -2.60. The van der Waals surface area contributed by atoms with Crippen molar-refractivity contribution < 1.29 is 53.8 Å². The van der Waals surface area contributed by atoms with E-state index in [4.69, 9.17) is 5.11 Å². The standard InChI is InChI=1S/C11H20F7N2O4S/c1-19(6-8(22)7-20(2,3)4-5-21)25(23,24)11(17,18)9(12,13)10(14,15)16/h8,21-22H,4-7H2,1-3H3/q+1. The summed E-state index contributed by atoms with van der Waals surface area (Å²) in [4.78, 5) is 0. The van der Waals surface area contributed by atoms with Crippen molar-refractivity contribution in [3.63, 3.8) is 0 Å². The van der Waals surface area contributed by atoms with Gasteiger partial charge in [0.1, 0.15) is 19.2 Å². The first kappa shape index (κ1) is 24.3. The van der Waals surface area contributed by atoms with Gasteiger partial charge in [-0.2, -0.15) is 35.0 Å². The van der Waals surface area contributed by atoms with E-state index < -0.39 is 44.3 Å². The van der Waals surface area contributed by atoms with Gasteiger partial charge in [0.05, 0.1) is 20.7 Å². The number of sulfonamides is 1. The second-order valence-corrected chi connectivity index (χ2v) is 8.18. The van der Waals surface area contributed by atoms with Gasteiger partial charge in [-0.1, -0.05) is 0 Å². The summed E-state index contributed by atoms with van der Waals surface area (Å²) in [6, 6.07) is 0. The summed E-state index contributed by atoms with van der Waals surface area (Å²) in [6.45, 7) is -1.64. The van der Waals surface area contributed by atoms with E-state index in [2.05, 4.69) is 0 Å². The quantitative estimate of drug-likeness (QED) is 0.429. The molecule has 0 aliphatic heterocycles. The number of aliphatic hydroxyl groups is 2. The summed E-state index contributed by atoms with van der Waals surface area (Å²) >= 11 is 0. The number of rotatable bonds is 9. The Balaban J connectivity index is 5.40. The Kier molecular flexibility index (Phi) is 7.29. The molecule has 0 saturated heterocycles. The SMILES string of the molecule is CN(CC(O)C[N+](C)(C)CCO)S(=O)(=O)C(F)(F)C(F)(F)C(F)(F)F. The van der Waals surface area contributed by atoms with Crippen LogP contribution in [0.5, 0.6) is 0 Å². The minimum absolute atomic E-state index is 0.0827. The second kappa shape index (κ2) is 7.50. The van der Waals surface area contributed by atoms with Crippen molar-refractivity contribution in [3.05, 3.63) is 0 Å². The number of likely N-dealkylation sites (N-methyl/N-ethyl adjacent to an activating group) is 2. The van der Waals surface area contributed by atoms with Crippen molar-refractivity contribution in [2.75, 3.05) is 47.4 Å². The summed E-state index contributed by atoms with van der Waals surface area (Å²) in [5.41, 5.74) is 0. The minimum atomic E-state index is -6.82. The molecule has 1 atom stereocenters. The van der Waals surface area contributed by atoms with E-state index in [1.807, 2.05) is 0 Å². The lowest BCUT2D eigenvalue weighted by molar-refractivity contribution is -0.893. The molecular formula is C11H20F7N2O4S+. The van der Waals surface area contributed by atoms with Crippen LogP contribution >= 0.6 is 0 Å². The van der Waals surface area contributed by atoms with Gasteiger partial charge in [-0.05, 0) is 0 Å². The summed E-state index contributed by atoms with van der Waals surface area (Å²) in [6.07, 6.45) is -8.44. The fourth-order valence-electron chi connectivity index (χ4n) is 1.91. The molecule has 0 amide bonds. The van der Waals surface area contributed by atoms with Crippen LogP contribution in [0.1, 0.15) is 0 Å². The van der Waals surface area contributed by atoms with E-state index in [9.17, 15) is 44.3 Å². The van der Waals surface area contributed by atoms with Crippen LogP contribution in [0.15, 0.2) is 0 Å². The first-order chi connectivity index (χ1) is 10.8. The van der Waals surface area contributed by atoms with Crippen molar-refractivity contribution in [1.82, 2.24) is 4.31 Å². The van der Waals surface area contributed by atoms with Gasteiger partial charge in [0, 0.05) is 13.6 Å². The highest BCUT2D eigenvalue weighted by atomic mass is 32.2. The van der Waals surface area contributed by atoms with E-state index in [-0.39, 0.29) is 24.2 Å². The van der Waals surface area contributed by atoms with E-state index >= 15 is 0 Å². The summed E-state index contributed by atoms with van der Waals surface area (Å²) < 4.78 is 111. The van der Waals surface area contributed by atoms with Crippen molar-refractivity contribution in [1.29, 1.82) is 0 Å². The number of aliphatic hydroxyl groups excluding tert-OH is 2. The average Bonchev–Trinajstić information content (AvgIpc) is 2.35. The zero-order chi connectivity index (χ0) is 20.5. The Morgan fingerprint density at radius 1 is 1.08 bits per heavy atom. The maximum Gasteiger partial charge on any atom is 0.461 e. The highest BCUT2D eigenvalue weighted by molar-refractivity contribution is 7.90. The molecule has 1 unspecified atom stereocenters. The zero-order valence-corrected chi connectivity index (χ0v) is 14.4. The molecule has 0 aromatic carbocycles. The molecule has 0 rings (SSSR count). The smallest absolute Gasteiger partial charge is 0.391 e. The molecule has 0 aromatic heterocycles. The second-order valence-electron chi connectivity index (χ2n) is 6.09. The third-order valence-electron chi connectivity index (χ3n) is 3.33. The maximum atomic E-state index is 13.4.